The molecule has 1 aliphatic rings. The van der Waals surface area contributed by atoms with Crippen molar-refractivity contribution in [1.29, 1.82) is 0 Å². The predicted octanol–water partition coefficient (Wildman–Crippen LogP) is 2.65. The number of ether oxygens (including phenoxy) is 1. The molecule has 0 radical (unpaired) electrons. The summed E-state index contributed by atoms with van der Waals surface area (Å²) in [6.07, 6.45) is 3.77. The van der Waals surface area contributed by atoms with Gasteiger partial charge in [-0.3, -0.25) is 4.79 Å². The monoisotopic (exact) mass is 322 g/mol. The molecular formula is C15H22N4O2S. The molecule has 3 rings (SSSR count). The van der Waals surface area contributed by atoms with Crippen molar-refractivity contribution in [2.75, 3.05) is 18.1 Å². The molecule has 2 aromatic heterocycles. The van der Waals surface area contributed by atoms with Crippen LogP contribution in [0, 0.1) is 6.92 Å². The zero-order valence-electron chi connectivity index (χ0n) is 13.3. The highest BCUT2D eigenvalue weighted by molar-refractivity contribution is 7.22. The van der Waals surface area contributed by atoms with Crippen LogP contribution in [-0.4, -0.2) is 39.9 Å². The first kappa shape index (κ1) is 15.3. The Morgan fingerprint density at radius 1 is 1.45 bits per heavy atom. The van der Waals surface area contributed by atoms with Crippen LogP contribution in [0.2, 0.25) is 0 Å². The van der Waals surface area contributed by atoms with Gasteiger partial charge in [0, 0.05) is 19.6 Å². The molecule has 7 heteroatoms. The third-order valence-electron chi connectivity index (χ3n) is 4.11. The van der Waals surface area contributed by atoms with Gasteiger partial charge in [-0.25, -0.2) is 9.67 Å². The van der Waals surface area contributed by atoms with E-state index in [1.54, 1.807) is 11.3 Å². The molecule has 0 bridgehead atoms. The first-order chi connectivity index (χ1) is 10.6. The molecule has 2 aromatic rings. The summed E-state index contributed by atoms with van der Waals surface area (Å²) in [5, 5.41) is 5.40. The molecule has 0 unspecified atom stereocenters. The van der Waals surface area contributed by atoms with E-state index >= 15 is 0 Å². The number of hydrogen-bond donors (Lipinski definition) is 0. The highest BCUT2D eigenvalue weighted by atomic mass is 32.1. The Balaban J connectivity index is 1.85. The van der Waals surface area contributed by atoms with E-state index in [0.29, 0.717) is 13.0 Å². The van der Waals surface area contributed by atoms with E-state index in [0.717, 1.165) is 47.0 Å². The number of anilines is 1. The smallest absolute Gasteiger partial charge is 0.307 e. The molecule has 3 heterocycles. The third kappa shape index (κ3) is 2.82. The maximum atomic E-state index is 11.8. The standard InChI is InChI=1S/C15H22N4O2S/c1-4-21-12(20)9-11-7-5-6-8-19(11)15-16-14-13(22-15)10(2)17-18(14)3/h11H,4-9H2,1-3H3/t11-/m1/s1. The lowest BCUT2D eigenvalue weighted by molar-refractivity contribution is -0.143. The van der Waals surface area contributed by atoms with Crippen LogP contribution in [0.15, 0.2) is 0 Å². The summed E-state index contributed by atoms with van der Waals surface area (Å²) >= 11 is 1.67. The molecule has 120 valence electrons. The van der Waals surface area contributed by atoms with Gasteiger partial charge in [0.15, 0.2) is 10.8 Å². The van der Waals surface area contributed by atoms with Gasteiger partial charge >= 0.3 is 5.97 Å². The van der Waals surface area contributed by atoms with Gasteiger partial charge in [0.25, 0.3) is 0 Å². The summed E-state index contributed by atoms with van der Waals surface area (Å²) in [5.41, 5.74) is 1.94. The summed E-state index contributed by atoms with van der Waals surface area (Å²) < 4.78 is 8.08. The normalized spacial score (nSPS) is 18.9. The molecule has 0 aromatic carbocycles. The third-order valence-corrected chi connectivity index (χ3v) is 5.30. The van der Waals surface area contributed by atoms with Gasteiger partial charge in [-0.2, -0.15) is 5.10 Å². The highest BCUT2D eigenvalue weighted by Gasteiger charge is 2.28. The second-order valence-electron chi connectivity index (χ2n) is 5.71. The quantitative estimate of drug-likeness (QED) is 0.810. The number of carbonyl (C=O) groups is 1. The Morgan fingerprint density at radius 3 is 3.00 bits per heavy atom. The molecule has 1 fully saturated rings. The Labute approximate surface area is 134 Å². The molecular weight excluding hydrogens is 300 g/mol. The van der Waals surface area contributed by atoms with Crippen molar-refractivity contribution in [3.05, 3.63) is 5.69 Å². The van der Waals surface area contributed by atoms with E-state index in [-0.39, 0.29) is 12.0 Å². The van der Waals surface area contributed by atoms with E-state index in [9.17, 15) is 4.79 Å². The fourth-order valence-electron chi connectivity index (χ4n) is 3.07. The van der Waals surface area contributed by atoms with Crippen molar-refractivity contribution < 1.29 is 9.53 Å². The molecule has 22 heavy (non-hydrogen) atoms. The molecule has 1 atom stereocenters. The maximum absolute atomic E-state index is 11.8. The summed E-state index contributed by atoms with van der Waals surface area (Å²) in [5.74, 6) is -0.113. The summed E-state index contributed by atoms with van der Waals surface area (Å²) in [6.45, 7) is 5.25. The van der Waals surface area contributed by atoms with Crippen molar-refractivity contribution in [3.63, 3.8) is 0 Å². The number of carbonyl (C=O) groups excluding carboxylic acids is 1. The Bertz CT molecular complexity index is 644. The second kappa shape index (κ2) is 6.24. The number of aryl methyl sites for hydroxylation is 2. The van der Waals surface area contributed by atoms with E-state index in [1.807, 2.05) is 25.6 Å². The van der Waals surface area contributed by atoms with Gasteiger partial charge in [-0.15, -0.1) is 0 Å². The number of esters is 1. The Kier molecular flexibility index (Phi) is 4.33. The molecule has 1 saturated heterocycles. The minimum Gasteiger partial charge on any atom is -0.466 e. The van der Waals surface area contributed by atoms with E-state index in [4.69, 9.17) is 9.72 Å². The van der Waals surface area contributed by atoms with Gasteiger partial charge in [-0.1, -0.05) is 11.3 Å². The topological polar surface area (TPSA) is 60.2 Å². The van der Waals surface area contributed by atoms with E-state index in [1.165, 1.54) is 0 Å². The van der Waals surface area contributed by atoms with Crippen LogP contribution in [0.1, 0.15) is 38.3 Å². The fraction of sp³-hybridized carbons (Fsp3) is 0.667. The molecule has 0 saturated carbocycles. The number of fused-ring (bicyclic) bond motifs is 1. The van der Waals surface area contributed by atoms with Gasteiger partial charge < -0.3 is 9.64 Å². The lowest BCUT2D eigenvalue weighted by Gasteiger charge is -2.35. The van der Waals surface area contributed by atoms with Crippen LogP contribution in [0.3, 0.4) is 0 Å². The SMILES string of the molecule is CCOC(=O)C[C@H]1CCCCN1c1nc2c(s1)c(C)nn2C. The van der Waals surface area contributed by atoms with Crippen LogP contribution in [-0.2, 0) is 16.6 Å². The number of thiazole rings is 1. The van der Waals surface area contributed by atoms with Gasteiger partial charge in [0.2, 0.25) is 0 Å². The predicted molar refractivity (Wildman–Crippen MR) is 87.4 cm³/mol. The molecule has 1 aliphatic heterocycles. The van der Waals surface area contributed by atoms with Gasteiger partial charge in [-0.05, 0) is 33.1 Å². The average molecular weight is 322 g/mol. The lowest BCUT2D eigenvalue weighted by Crippen LogP contribution is -2.41. The zero-order valence-corrected chi connectivity index (χ0v) is 14.2. The summed E-state index contributed by atoms with van der Waals surface area (Å²) in [6, 6.07) is 0.196. The van der Waals surface area contributed by atoms with Crippen molar-refractivity contribution >= 4 is 32.8 Å². The molecule has 0 amide bonds. The summed E-state index contributed by atoms with van der Waals surface area (Å²) in [7, 11) is 1.92. The largest absolute Gasteiger partial charge is 0.466 e. The highest BCUT2D eigenvalue weighted by Crippen LogP contribution is 2.34. The second-order valence-corrected chi connectivity index (χ2v) is 6.69. The van der Waals surface area contributed by atoms with Crippen LogP contribution >= 0.6 is 11.3 Å². The molecule has 0 aliphatic carbocycles. The Morgan fingerprint density at radius 2 is 2.27 bits per heavy atom. The van der Waals surface area contributed by atoms with Crippen molar-refractivity contribution in [3.8, 4) is 0 Å². The molecule has 0 N–H and O–H groups in total. The van der Waals surface area contributed by atoms with Crippen molar-refractivity contribution in [1.82, 2.24) is 14.8 Å². The summed E-state index contributed by atoms with van der Waals surface area (Å²) in [4.78, 5) is 18.9. The van der Waals surface area contributed by atoms with Crippen LogP contribution in [0.25, 0.3) is 10.3 Å². The number of hydrogen-bond acceptors (Lipinski definition) is 6. The van der Waals surface area contributed by atoms with Crippen LogP contribution < -0.4 is 4.90 Å². The van der Waals surface area contributed by atoms with Crippen molar-refractivity contribution in [2.24, 2.45) is 7.05 Å². The Hall–Kier alpha value is -1.63. The minimum atomic E-state index is -0.113. The number of aromatic nitrogens is 3. The van der Waals surface area contributed by atoms with Crippen LogP contribution in [0.4, 0.5) is 5.13 Å². The number of rotatable bonds is 4. The average Bonchev–Trinajstić information content (AvgIpc) is 3.02. The first-order valence-electron chi connectivity index (χ1n) is 7.82. The van der Waals surface area contributed by atoms with E-state index in [2.05, 4.69) is 10.00 Å². The zero-order chi connectivity index (χ0) is 15.7. The van der Waals surface area contributed by atoms with Gasteiger partial charge in [0.1, 0.15) is 0 Å². The number of nitrogens with zero attached hydrogens (tertiary/aromatic N) is 4. The first-order valence-corrected chi connectivity index (χ1v) is 8.64. The maximum Gasteiger partial charge on any atom is 0.307 e. The van der Waals surface area contributed by atoms with E-state index < -0.39 is 0 Å². The number of piperidine rings is 1. The van der Waals surface area contributed by atoms with Crippen molar-refractivity contribution in [2.45, 2.75) is 45.6 Å². The molecule has 0 spiro atoms. The van der Waals surface area contributed by atoms with Crippen LogP contribution in [0.5, 0.6) is 0 Å². The molecule has 6 nitrogen and oxygen atoms in total. The van der Waals surface area contributed by atoms with Gasteiger partial charge in [0.05, 0.1) is 23.4 Å². The minimum absolute atomic E-state index is 0.113. The fourth-order valence-corrected chi connectivity index (χ4v) is 4.20. The lowest BCUT2D eigenvalue weighted by atomic mass is 10.00.